The van der Waals surface area contributed by atoms with Crippen molar-refractivity contribution in [3.63, 3.8) is 0 Å². The van der Waals surface area contributed by atoms with E-state index < -0.39 is 9.84 Å². The molecule has 5 nitrogen and oxygen atoms in total. The van der Waals surface area contributed by atoms with Gasteiger partial charge in [-0.05, 0) is 36.2 Å². The molecule has 0 aliphatic carbocycles. The maximum atomic E-state index is 12.7. The Morgan fingerprint density at radius 1 is 1.26 bits per heavy atom. The van der Waals surface area contributed by atoms with Crippen LogP contribution in [0.4, 0.5) is 0 Å². The zero-order chi connectivity index (χ0) is 16.4. The molecule has 1 aliphatic heterocycles. The molecular formula is C16H16ClNO4S. The lowest BCUT2D eigenvalue weighted by Gasteiger charge is -2.27. The first-order valence-electron chi connectivity index (χ1n) is 7.24. The molecule has 3 rings (SSSR count). The van der Waals surface area contributed by atoms with Crippen LogP contribution in [0.5, 0.6) is 0 Å². The number of rotatable bonds is 4. The van der Waals surface area contributed by atoms with E-state index in [1.807, 2.05) is 12.1 Å². The number of sulfone groups is 1. The van der Waals surface area contributed by atoms with Crippen LogP contribution < -0.4 is 0 Å². The summed E-state index contributed by atoms with van der Waals surface area (Å²) in [5.41, 5.74) is 0.888. The van der Waals surface area contributed by atoms with Gasteiger partial charge in [0, 0.05) is 17.6 Å². The topological polar surface area (TPSA) is 67.6 Å². The van der Waals surface area contributed by atoms with Gasteiger partial charge < -0.3 is 9.32 Å². The van der Waals surface area contributed by atoms with E-state index in [0.717, 1.165) is 5.56 Å². The third-order valence-electron chi connectivity index (χ3n) is 3.91. The summed E-state index contributed by atoms with van der Waals surface area (Å²) in [5, 5.41) is 0.612. The second kappa shape index (κ2) is 6.37. The fraction of sp³-hybridized carbons (Fsp3) is 0.312. The largest absolute Gasteiger partial charge is 0.459 e. The SMILES string of the molecule is O=C(c1ccco1)N(Cc1ccc(Cl)cc1)[C@@H]1CCS(=O)(=O)C1. The minimum absolute atomic E-state index is 0.00691. The fourth-order valence-electron chi connectivity index (χ4n) is 2.72. The van der Waals surface area contributed by atoms with E-state index in [0.29, 0.717) is 18.0 Å². The zero-order valence-electron chi connectivity index (χ0n) is 12.3. The summed E-state index contributed by atoms with van der Waals surface area (Å²) >= 11 is 5.88. The van der Waals surface area contributed by atoms with Gasteiger partial charge in [0.15, 0.2) is 15.6 Å². The van der Waals surface area contributed by atoms with Crippen molar-refractivity contribution in [2.24, 2.45) is 0 Å². The lowest BCUT2D eigenvalue weighted by atomic mass is 10.1. The predicted octanol–water partition coefficient (Wildman–Crippen LogP) is 2.76. The van der Waals surface area contributed by atoms with Crippen LogP contribution in [0.2, 0.25) is 5.02 Å². The van der Waals surface area contributed by atoms with Crippen molar-refractivity contribution in [2.45, 2.75) is 19.0 Å². The Balaban J connectivity index is 1.87. The fourth-order valence-corrected chi connectivity index (χ4v) is 4.57. The summed E-state index contributed by atoms with van der Waals surface area (Å²) in [6.07, 6.45) is 1.88. The molecule has 2 aromatic rings. The average Bonchev–Trinajstić information content (AvgIpc) is 3.15. The van der Waals surface area contributed by atoms with Crippen molar-refractivity contribution >= 4 is 27.3 Å². The van der Waals surface area contributed by atoms with Gasteiger partial charge in [-0.25, -0.2) is 8.42 Å². The molecule has 0 radical (unpaired) electrons. The van der Waals surface area contributed by atoms with Crippen LogP contribution in [0.1, 0.15) is 22.5 Å². The third-order valence-corrected chi connectivity index (χ3v) is 5.91. The highest BCUT2D eigenvalue weighted by Crippen LogP contribution is 2.23. The molecule has 0 spiro atoms. The normalized spacial score (nSPS) is 19.6. The van der Waals surface area contributed by atoms with Crippen molar-refractivity contribution in [1.29, 1.82) is 0 Å². The van der Waals surface area contributed by atoms with Crippen LogP contribution in [0.15, 0.2) is 47.1 Å². The van der Waals surface area contributed by atoms with Gasteiger partial charge in [-0.15, -0.1) is 0 Å². The molecule has 0 unspecified atom stereocenters. The minimum atomic E-state index is -3.09. The highest BCUT2D eigenvalue weighted by Gasteiger charge is 2.35. The third kappa shape index (κ3) is 3.76. The van der Waals surface area contributed by atoms with E-state index in [1.165, 1.54) is 6.26 Å². The molecule has 1 atom stereocenters. The van der Waals surface area contributed by atoms with Crippen molar-refractivity contribution in [3.8, 4) is 0 Å². The van der Waals surface area contributed by atoms with Gasteiger partial charge in [-0.1, -0.05) is 23.7 Å². The first-order chi connectivity index (χ1) is 10.9. The molecule has 2 heterocycles. The molecule has 0 saturated carbocycles. The molecular weight excluding hydrogens is 338 g/mol. The number of carbonyl (C=O) groups excluding carboxylic acids is 1. The second-order valence-electron chi connectivity index (χ2n) is 5.59. The molecule has 7 heteroatoms. The van der Waals surface area contributed by atoms with E-state index in [1.54, 1.807) is 29.2 Å². The highest BCUT2D eigenvalue weighted by molar-refractivity contribution is 7.91. The van der Waals surface area contributed by atoms with E-state index in [4.69, 9.17) is 16.0 Å². The van der Waals surface area contributed by atoms with Gasteiger partial charge in [-0.3, -0.25) is 4.79 Å². The summed E-state index contributed by atoms with van der Waals surface area (Å²) in [6, 6.07) is 10.0. The smallest absolute Gasteiger partial charge is 0.290 e. The monoisotopic (exact) mass is 353 g/mol. The molecule has 1 saturated heterocycles. The van der Waals surface area contributed by atoms with Crippen molar-refractivity contribution in [3.05, 3.63) is 59.0 Å². The van der Waals surface area contributed by atoms with Gasteiger partial charge in [0.25, 0.3) is 5.91 Å². The molecule has 1 fully saturated rings. The number of nitrogens with zero attached hydrogens (tertiary/aromatic N) is 1. The molecule has 1 aliphatic rings. The number of hydrogen-bond donors (Lipinski definition) is 0. The van der Waals surface area contributed by atoms with Gasteiger partial charge in [0.05, 0.1) is 17.8 Å². The summed E-state index contributed by atoms with van der Waals surface area (Å²) in [5.74, 6) is 0.0167. The molecule has 1 aromatic carbocycles. The molecule has 0 bridgehead atoms. The molecule has 122 valence electrons. The van der Waals surface area contributed by atoms with E-state index in [-0.39, 0.29) is 29.2 Å². The van der Waals surface area contributed by atoms with Crippen LogP contribution in [0.3, 0.4) is 0 Å². The Morgan fingerprint density at radius 2 is 2.00 bits per heavy atom. The van der Waals surface area contributed by atoms with Gasteiger partial charge in [-0.2, -0.15) is 0 Å². The Morgan fingerprint density at radius 3 is 2.57 bits per heavy atom. The molecule has 1 amide bonds. The summed E-state index contributed by atoms with van der Waals surface area (Å²) < 4.78 is 28.7. The molecule has 1 aromatic heterocycles. The van der Waals surface area contributed by atoms with Crippen molar-refractivity contribution < 1.29 is 17.6 Å². The number of amides is 1. The van der Waals surface area contributed by atoms with Crippen molar-refractivity contribution in [1.82, 2.24) is 4.90 Å². The number of benzene rings is 1. The Labute approximate surface area is 139 Å². The number of carbonyl (C=O) groups is 1. The number of furan rings is 1. The number of halogens is 1. The standard InChI is InChI=1S/C16H16ClNO4S/c17-13-5-3-12(4-6-13)10-18(14-7-9-23(20,21)11-14)16(19)15-2-1-8-22-15/h1-6,8,14H,7,9-11H2/t14-/m1/s1. The van der Waals surface area contributed by atoms with Crippen LogP contribution in [-0.2, 0) is 16.4 Å². The first kappa shape index (κ1) is 16.1. The van der Waals surface area contributed by atoms with Crippen LogP contribution in [0.25, 0.3) is 0 Å². The maximum absolute atomic E-state index is 12.7. The summed E-state index contributed by atoms with van der Waals surface area (Å²) in [6.45, 7) is 0.316. The Bertz CT molecular complexity index is 784. The maximum Gasteiger partial charge on any atom is 0.290 e. The van der Waals surface area contributed by atoms with E-state index in [2.05, 4.69) is 0 Å². The van der Waals surface area contributed by atoms with Crippen LogP contribution >= 0.6 is 11.6 Å². The summed E-state index contributed by atoms with van der Waals surface area (Å²) in [7, 11) is -3.09. The lowest BCUT2D eigenvalue weighted by molar-refractivity contribution is 0.0648. The zero-order valence-corrected chi connectivity index (χ0v) is 13.9. The average molecular weight is 354 g/mol. The highest BCUT2D eigenvalue weighted by atomic mass is 35.5. The van der Waals surface area contributed by atoms with E-state index in [9.17, 15) is 13.2 Å². The van der Waals surface area contributed by atoms with Crippen LogP contribution in [0, 0.1) is 0 Å². The Hall–Kier alpha value is -1.79. The second-order valence-corrected chi connectivity index (χ2v) is 8.26. The van der Waals surface area contributed by atoms with Gasteiger partial charge >= 0.3 is 0 Å². The first-order valence-corrected chi connectivity index (χ1v) is 9.44. The lowest BCUT2D eigenvalue weighted by Crippen LogP contribution is -2.40. The van der Waals surface area contributed by atoms with Gasteiger partial charge in [0.2, 0.25) is 0 Å². The van der Waals surface area contributed by atoms with E-state index >= 15 is 0 Å². The number of hydrogen-bond acceptors (Lipinski definition) is 4. The minimum Gasteiger partial charge on any atom is -0.459 e. The predicted molar refractivity (Wildman–Crippen MR) is 87.1 cm³/mol. The summed E-state index contributed by atoms with van der Waals surface area (Å²) in [4.78, 5) is 14.3. The molecule has 23 heavy (non-hydrogen) atoms. The van der Waals surface area contributed by atoms with Crippen LogP contribution in [-0.4, -0.2) is 36.8 Å². The quantitative estimate of drug-likeness (QED) is 0.847. The van der Waals surface area contributed by atoms with Crippen molar-refractivity contribution in [2.75, 3.05) is 11.5 Å². The molecule has 0 N–H and O–H groups in total. The Kier molecular flexibility index (Phi) is 4.46. The van der Waals surface area contributed by atoms with Gasteiger partial charge in [0.1, 0.15) is 0 Å².